The van der Waals surface area contributed by atoms with Crippen LogP contribution in [0.2, 0.25) is 0 Å². The zero-order chi connectivity index (χ0) is 17.3. The zero-order valence-corrected chi connectivity index (χ0v) is 14.3. The van der Waals surface area contributed by atoms with Crippen molar-refractivity contribution in [2.45, 2.75) is 13.5 Å². The number of nitrogens with zero attached hydrogens (tertiary/aromatic N) is 2. The van der Waals surface area contributed by atoms with Crippen molar-refractivity contribution in [2.75, 3.05) is 12.0 Å². The molecule has 124 valence electrons. The Morgan fingerprint density at radius 1 is 1.25 bits per heavy atom. The van der Waals surface area contributed by atoms with E-state index in [1.54, 1.807) is 47.0 Å². The molecule has 0 fully saturated rings. The topological polar surface area (TPSA) is 87.1 Å². The first kappa shape index (κ1) is 16.4. The average Bonchev–Trinajstić information content (AvgIpc) is 2.93. The van der Waals surface area contributed by atoms with Gasteiger partial charge in [-0.1, -0.05) is 18.2 Å². The minimum Gasteiger partial charge on any atom is -0.794 e. The summed E-state index contributed by atoms with van der Waals surface area (Å²) in [5.41, 5.74) is 2.45. The number of hydrogen-bond acceptors (Lipinski definition) is 4. The molecule has 1 aromatic heterocycles. The van der Waals surface area contributed by atoms with Crippen molar-refractivity contribution in [1.82, 2.24) is 9.55 Å². The van der Waals surface area contributed by atoms with Crippen molar-refractivity contribution in [2.24, 2.45) is 0 Å². The Labute approximate surface area is 139 Å². The Hall–Kier alpha value is -2.43. The monoisotopic (exact) mass is 342 g/mol. The first-order valence-electron chi connectivity index (χ1n) is 7.56. The van der Waals surface area contributed by atoms with Gasteiger partial charge >= 0.3 is 0 Å². The molecular formula is C17H17N3O3P-. The number of imidazole rings is 1. The van der Waals surface area contributed by atoms with Crippen molar-refractivity contribution in [3.63, 3.8) is 0 Å². The minimum atomic E-state index is -3.72. The van der Waals surface area contributed by atoms with Crippen LogP contribution in [-0.4, -0.2) is 22.1 Å². The van der Waals surface area contributed by atoms with Crippen molar-refractivity contribution >= 4 is 35.6 Å². The number of aromatic nitrogens is 2. The Morgan fingerprint density at radius 2 is 1.96 bits per heavy atom. The molecule has 1 atom stereocenters. The second-order valence-electron chi connectivity index (χ2n) is 5.53. The Bertz CT molecular complexity index is 944. The highest BCUT2D eigenvalue weighted by Crippen LogP contribution is 2.30. The first-order valence-corrected chi connectivity index (χ1v) is 9.63. The number of carbonyl (C=O) groups is 1. The maximum Gasteiger partial charge on any atom is 0.255 e. The van der Waals surface area contributed by atoms with Crippen molar-refractivity contribution in [1.29, 1.82) is 0 Å². The van der Waals surface area contributed by atoms with Crippen LogP contribution in [0.15, 0.2) is 48.5 Å². The third-order valence-electron chi connectivity index (χ3n) is 3.70. The number of carbonyl (C=O) groups excluding carboxylic acids is 1. The second kappa shape index (κ2) is 6.23. The smallest absolute Gasteiger partial charge is 0.255 e. The highest BCUT2D eigenvalue weighted by atomic mass is 31.2. The number of amides is 1. The number of anilines is 1. The predicted octanol–water partition coefficient (Wildman–Crippen LogP) is 2.20. The Morgan fingerprint density at radius 3 is 2.58 bits per heavy atom. The highest BCUT2D eigenvalue weighted by molar-refractivity contribution is 7.63. The number of benzene rings is 2. The number of nitrogens with one attached hydrogen (secondary N) is 1. The van der Waals surface area contributed by atoms with Gasteiger partial charge in [0, 0.05) is 17.8 Å². The fraction of sp³-hybridized carbons (Fsp3) is 0.176. The van der Waals surface area contributed by atoms with Gasteiger partial charge in [0.1, 0.15) is 0 Å². The summed E-state index contributed by atoms with van der Waals surface area (Å²) in [4.78, 5) is 28.3. The van der Waals surface area contributed by atoms with Crippen LogP contribution in [0.4, 0.5) is 5.69 Å². The van der Waals surface area contributed by atoms with Crippen molar-refractivity contribution < 1.29 is 14.3 Å². The van der Waals surface area contributed by atoms with Crippen LogP contribution in [0, 0.1) is 0 Å². The number of rotatable bonds is 4. The molecule has 2 aromatic carbocycles. The molecule has 0 saturated heterocycles. The summed E-state index contributed by atoms with van der Waals surface area (Å²) in [7, 11) is -3.72. The molecule has 1 amide bonds. The Kier molecular flexibility index (Phi) is 4.26. The standard InChI is InChI=1S/C17H18N3O3P/c1-3-20-15-10-9-13(11-14(15)19-17(20)24(2,22)23)18-16(21)12-7-5-4-6-8-12/h4-11H,3H2,1-2H3,(H,18,21)(H,22,23)/p-1. The molecule has 6 nitrogen and oxygen atoms in total. The molecule has 1 N–H and O–H groups in total. The quantitative estimate of drug-likeness (QED) is 0.737. The minimum absolute atomic E-state index is 0.0616. The SMILES string of the molecule is CCn1c(P(C)(=O)[O-])nc2cc(NC(=O)c3ccccc3)ccc21. The van der Waals surface area contributed by atoms with Crippen LogP contribution in [0.1, 0.15) is 17.3 Å². The molecule has 0 radical (unpaired) electrons. The normalized spacial score (nSPS) is 13.6. The van der Waals surface area contributed by atoms with Gasteiger partial charge in [0.05, 0.1) is 18.4 Å². The fourth-order valence-electron chi connectivity index (χ4n) is 2.61. The van der Waals surface area contributed by atoms with E-state index in [1.165, 1.54) is 6.66 Å². The number of aryl methyl sites for hydroxylation is 1. The van der Waals surface area contributed by atoms with E-state index >= 15 is 0 Å². The molecule has 3 rings (SSSR count). The molecule has 0 aliphatic rings. The van der Waals surface area contributed by atoms with E-state index in [1.807, 2.05) is 13.0 Å². The molecule has 0 aliphatic heterocycles. The van der Waals surface area contributed by atoms with E-state index in [-0.39, 0.29) is 11.5 Å². The summed E-state index contributed by atoms with van der Waals surface area (Å²) in [5, 5.41) is 2.80. The molecule has 0 bridgehead atoms. The lowest BCUT2D eigenvalue weighted by Crippen LogP contribution is -2.24. The van der Waals surface area contributed by atoms with Gasteiger partial charge in [-0.15, -0.1) is 0 Å². The maximum absolute atomic E-state index is 12.2. The first-order chi connectivity index (χ1) is 11.4. The van der Waals surface area contributed by atoms with Gasteiger partial charge in [-0.3, -0.25) is 4.79 Å². The van der Waals surface area contributed by atoms with Gasteiger partial charge in [-0.25, -0.2) is 4.98 Å². The summed E-state index contributed by atoms with van der Waals surface area (Å²) < 4.78 is 13.6. The molecule has 3 aromatic rings. The number of fused-ring (bicyclic) bond motifs is 1. The molecule has 1 unspecified atom stereocenters. The van der Waals surface area contributed by atoms with Crippen LogP contribution in [0.5, 0.6) is 0 Å². The van der Waals surface area contributed by atoms with Crippen molar-refractivity contribution in [3.8, 4) is 0 Å². The lowest BCUT2D eigenvalue weighted by molar-refractivity contribution is -0.170. The summed E-state index contributed by atoms with van der Waals surface area (Å²) >= 11 is 0. The zero-order valence-electron chi connectivity index (χ0n) is 13.4. The predicted molar refractivity (Wildman–Crippen MR) is 93.0 cm³/mol. The molecule has 0 spiro atoms. The van der Waals surface area contributed by atoms with Crippen LogP contribution in [0.3, 0.4) is 0 Å². The number of hydrogen-bond donors (Lipinski definition) is 1. The van der Waals surface area contributed by atoms with Gasteiger partial charge in [0.2, 0.25) is 0 Å². The van der Waals surface area contributed by atoms with Gasteiger partial charge < -0.3 is 19.3 Å². The molecule has 7 heteroatoms. The third kappa shape index (κ3) is 3.11. The lowest BCUT2D eigenvalue weighted by atomic mass is 10.2. The summed E-state index contributed by atoms with van der Waals surface area (Å²) in [6.45, 7) is 3.53. The molecule has 1 heterocycles. The summed E-state index contributed by atoms with van der Waals surface area (Å²) in [6.07, 6.45) is 0. The van der Waals surface area contributed by atoms with Gasteiger partial charge in [-0.2, -0.15) is 0 Å². The maximum atomic E-state index is 12.2. The molecular weight excluding hydrogens is 325 g/mol. The largest absolute Gasteiger partial charge is 0.794 e. The van der Waals surface area contributed by atoms with Gasteiger partial charge in [0.25, 0.3) is 5.91 Å². The Balaban J connectivity index is 1.97. The van der Waals surface area contributed by atoms with E-state index in [4.69, 9.17) is 0 Å². The summed E-state index contributed by atoms with van der Waals surface area (Å²) in [6, 6.07) is 14.1. The van der Waals surface area contributed by atoms with Crippen molar-refractivity contribution in [3.05, 3.63) is 54.1 Å². The second-order valence-corrected chi connectivity index (χ2v) is 7.62. The molecule has 0 saturated carbocycles. The lowest BCUT2D eigenvalue weighted by Gasteiger charge is -2.17. The van der Waals surface area contributed by atoms with Gasteiger partial charge in [-0.05, 0) is 43.9 Å². The summed E-state index contributed by atoms with van der Waals surface area (Å²) in [5.74, 6) is -0.227. The van der Waals surface area contributed by atoms with E-state index in [0.717, 1.165) is 5.52 Å². The van der Waals surface area contributed by atoms with Crippen LogP contribution in [-0.2, 0) is 11.1 Å². The van der Waals surface area contributed by atoms with Crippen LogP contribution >= 0.6 is 7.37 Å². The van der Waals surface area contributed by atoms with Crippen LogP contribution < -0.4 is 15.8 Å². The van der Waals surface area contributed by atoms with E-state index in [2.05, 4.69) is 10.3 Å². The van der Waals surface area contributed by atoms with Crippen LogP contribution in [0.25, 0.3) is 11.0 Å². The third-order valence-corrected chi connectivity index (χ3v) is 4.77. The molecule has 24 heavy (non-hydrogen) atoms. The van der Waals surface area contributed by atoms with Gasteiger partial charge in [0.15, 0.2) is 5.57 Å². The van der Waals surface area contributed by atoms with E-state index < -0.39 is 7.37 Å². The van der Waals surface area contributed by atoms with E-state index in [0.29, 0.717) is 23.3 Å². The highest BCUT2D eigenvalue weighted by Gasteiger charge is 2.16. The molecule has 0 aliphatic carbocycles. The van der Waals surface area contributed by atoms with E-state index in [9.17, 15) is 14.3 Å². The average molecular weight is 342 g/mol. The fourth-order valence-corrected chi connectivity index (χ4v) is 3.59.